The van der Waals surface area contributed by atoms with Gasteiger partial charge in [0.15, 0.2) is 12.4 Å². The van der Waals surface area contributed by atoms with Crippen molar-refractivity contribution in [1.29, 1.82) is 0 Å². The van der Waals surface area contributed by atoms with E-state index in [0.717, 1.165) is 40.8 Å². The lowest BCUT2D eigenvalue weighted by Gasteiger charge is -2.37. The predicted octanol–water partition coefficient (Wildman–Crippen LogP) is 2.24. The van der Waals surface area contributed by atoms with E-state index in [-0.39, 0.29) is 11.7 Å². The maximum atomic E-state index is 14.3. The van der Waals surface area contributed by atoms with Gasteiger partial charge < -0.3 is 24.0 Å². The van der Waals surface area contributed by atoms with Crippen molar-refractivity contribution < 1.29 is 18.9 Å². The average molecular weight is 503 g/mol. The van der Waals surface area contributed by atoms with Crippen LogP contribution in [-0.2, 0) is 16.1 Å². The van der Waals surface area contributed by atoms with Gasteiger partial charge in [-0.15, -0.1) is 0 Å². The number of piperazine rings is 1. The highest BCUT2D eigenvalue weighted by atomic mass is 19.1. The zero-order valence-electron chi connectivity index (χ0n) is 20.5. The van der Waals surface area contributed by atoms with Crippen molar-refractivity contribution in [2.24, 2.45) is 0 Å². The molecule has 9 nitrogen and oxygen atoms in total. The standard InChI is InChI=1S/C27H28FN7O2/c28-22-1-2-24(23(15-22)21-16-30-27(31-17-21)34-11-13-37-14-12-34)32-7-9-33(10-8-32)26(36)19-35-6-4-20-3-5-29-18-25(20)35/h1-6,15-18H,7-14,19H2/p+1. The van der Waals surface area contributed by atoms with E-state index in [2.05, 4.69) is 24.8 Å². The quantitative estimate of drug-likeness (QED) is 0.417. The highest BCUT2D eigenvalue weighted by Gasteiger charge is 2.24. The Hall–Kier alpha value is -4.05. The Balaban J connectivity index is 1.15. The van der Waals surface area contributed by atoms with Crippen LogP contribution in [-0.4, -0.2) is 77.8 Å². The number of aromatic amines is 1. The van der Waals surface area contributed by atoms with Crippen LogP contribution in [0.2, 0.25) is 0 Å². The number of amides is 1. The van der Waals surface area contributed by atoms with Crippen molar-refractivity contribution in [2.75, 3.05) is 62.3 Å². The maximum absolute atomic E-state index is 14.3. The van der Waals surface area contributed by atoms with Crippen LogP contribution < -0.4 is 14.8 Å². The summed E-state index contributed by atoms with van der Waals surface area (Å²) in [7, 11) is 0. The van der Waals surface area contributed by atoms with Gasteiger partial charge in [-0.05, 0) is 24.3 Å². The molecule has 0 atom stereocenters. The lowest BCUT2D eigenvalue weighted by atomic mass is 10.0. The van der Waals surface area contributed by atoms with E-state index in [1.807, 2.05) is 40.2 Å². The maximum Gasteiger partial charge on any atom is 0.242 e. The molecule has 2 aliphatic heterocycles. The first-order valence-electron chi connectivity index (χ1n) is 12.6. The van der Waals surface area contributed by atoms with Crippen LogP contribution in [0.4, 0.5) is 16.0 Å². The fourth-order valence-electron chi connectivity index (χ4n) is 5.06. The number of nitrogens with zero attached hydrogens (tertiary/aromatic N) is 6. The number of benzene rings is 1. The van der Waals surface area contributed by atoms with Crippen molar-refractivity contribution in [2.45, 2.75) is 6.54 Å². The largest absolute Gasteiger partial charge is 0.378 e. The lowest BCUT2D eigenvalue weighted by Crippen LogP contribution is -2.49. The van der Waals surface area contributed by atoms with Crippen LogP contribution in [0.3, 0.4) is 0 Å². The molecule has 3 aromatic heterocycles. The van der Waals surface area contributed by atoms with E-state index < -0.39 is 0 Å². The average Bonchev–Trinajstić information content (AvgIpc) is 3.36. The number of carbonyl (C=O) groups excluding carboxylic acids is 1. The first kappa shape index (κ1) is 23.4. The van der Waals surface area contributed by atoms with Crippen LogP contribution in [0, 0.1) is 5.82 Å². The van der Waals surface area contributed by atoms with Crippen LogP contribution in [0.1, 0.15) is 0 Å². The van der Waals surface area contributed by atoms with E-state index in [1.165, 1.54) is 12.1 Å². The SMILES string of the molecule is O=C(Cn1ccc2cc[nH+]cc21)N1CCN(c2ccc(F)cc2-c2cnc(N3CCOCC3)nc2)CC1. The van der Waals surface area contributed by atoms with Crippen molar-refractivity contribution in [3.05, 3.63) is 67.1 Å². The Bertz CT molecular complexity index is 1390. The number of hydrogen-bond donors (Lipinski definition) is 0. The highest BCUT2D eigenvalue weighted by molar-refractivity contribution is 5.83. The third-order valence-electron chi connectivity index (χ3n) is 7.10. The summed E-state index contributed by atoms with van der Waals surface area (Å²) < 4.78 is 21.7. The van der Waals surface area contributed by atoms with Gasteiger partial charge in [-0.25, -0.2) is 19.3 Å². The number of morpholine rings is 1. The van der Waals surface area contributed by atoms with Crippen molar-refractivity contribution >= 4 is 28.4 Å². The fourth-order valence-corrected chi connectivity index (χ4v) is 5.06. The third kappa shape index (κ3) is 4.84. The normalized spacial score (nSPS) is 16.4. The molecule has 2 aliphatic rings. The molecule has 4 aromatic rings. The minimum Gasteiger partial charge on any atom is -0.378 e. The summed E-state index contributed by atoms with van der Waals surface area (Å²) >= 11 is 0. The molecule has 37 heavy (non-hydrogen) atoms. The molecule has 0 bridgehead atoms. The summed E-state index contributed by atoms with van der Waals surface area (Å²) in [6.45, 7) is 5.67. The Kier molecular flexibility index (Phi) is 6.40. The number of hydrogen-bond acceptors (Lipinski definition) is 6. The van der Waals surface area contributed by atoms with Crippen molar-refractivity contribution in [3.8, 4) is 11.1 Å². The van der Waals surface area contributed by atoms with Gasteiger partial charge in [0.1, 0.15) is 17.9 Å². The third-order valence-corrected chi connectivity index (χ3v) is 7.10. The summed E-state index contributed by atoms with van der Waals surface area (Å²) in [5.41, 5.74) is 3.44. The second-order valence-electron chi connectivity index (χ2n) is 9.33. The second kappa shape index (κ2) is 10.1. The molecule has 1 amide bonds. The van der Waals surface area contributed by atoms with Gasteiger partial charge in [-0.2, -0.15) is 0 Å². The Morgan fingerprint density at radius 3 is 2.54 bits per heavy atom. The lowest BCUT2D eigenvalue weighted by molar-refractivity contribution is -0.376. The summed E-state index contributed by atoms with van der Waals surface area (Å²) in [5, 5.41) is 1.10. The molecule has 2 saturated heterocycles. The van der Waals surface area contributed by atoms with Gasteiger partial charge >= 0.3 is 0 Å². The number of H-pyrrole nitrogens is 1. The van der Waals surface area contributed by atoms with Gasteiger partial charge in [0.2, 0.25) is 11.9 Å². The van der Waals surface area contributed by atoms with E-state index in [4.69, 9.17) is 4.74 Å². The van der Waals surface area contributed by atoms with E-state index in [1.54, 1.807) is 18.5 Å². The number of pyridine rings is 1. The molecular weight excluding hydrogens is 473 g/mol. The van der Waals surface area contributed by atoms with Gasteiger partial charge in [0, 0.05) is 86.1 Å². The molecule has 0 unspecified atom stereocenters. The van der Waals surface area contributed by atoms with Gasteiger partial charge in [0.25, 0.3) is 0 Å². The topological polar surface area (TPSA) is 80.9 Å². The highest BCUT2D eigenvalue weighted by Crippen LogP contribution is 2.32. The van der Waals surface area contributed by atoms with Crippen LogP contribution in [0.5, 0.6) is 0 Å². The molecule has 10 heteroatoms. The number of aromatic nitrogens is 4. The number of fused-ring (bicyclic) bond motifs is 1. The molecule has 1 N–H and O–H groups in total. The van der Waals surface area contributed by atoms with Gasteiger partial charge in [-0.1, -0.05) is 0 Å². The number of halogens is 1. The van der Waals surface area contributed by atoms with E-state index in [9.17, 15) is 9.18 Å². The van der Waals surface area contributed by atoms with E-state index >= 15 is 0 Å². The number of ether oxygens (including phenoxy) is 1. The fraction of sp³-hybridized carbons (Fsp3) is 0.333. The Morgan fingerprint density at radius 1 is 0.973 bits per heavy atom. The molecule has 5 heterocycles. The molecule has 0 spiro atoms. The second-order valence-corrected chi connectivity index (χ2v) is 9.33. The Labute approximate surface area is 214 Å². The summed E-state index contributed by atoms with van der Waals surface area (Å²) in [4.78, 5) is 31.4. The summed E-state index contributed by atoms with van der Waals surface area (Å²) in [5.74, 6) is 0.443. The smallest absolute Gasteiger partial charge is 0.242 e. The number of rotatable bonds is 5. The minimum absolute atomic E-state index is 0.0902. The predicted molar refractivity (Wildman–Crippen MR) is 138 cm³/mol. The number of carbonyl (C=O) groups is 1. The summed E-state index contributed by atoms with van der Waals surface area (Å²) in [6.07, 6.45) is 9.25. The molecule has 190 valence electrons. The van der Waals surface area contributed by atoms with Crippen molar-refractivity contribution in [3.63, 3.8) is 0 Å². The minimum atomic E-state index is -0.305. The number of nitrogens with one attached hydrogen (secondary N) is 1. The van der Waals surface area contributed by atoms with Crippen LogP contribution in [0.25, 0.3) is 22.0 Å². The molecule has 2 fully saturated rings. The molecule has 0 saturated carbocycles. The van der Waals surface area contributed by atoms with Gasteiger partial charge in [-0.3, -0.25) is 4.79 Å². The molecule has 1 aromatic carbocycles. The van der Waals surface area contributed by atoms with Crippen molar-refractivity contribution in [1.82, 2.24) is 19.4 Å². The monoisotopic (exact) mass is 502 g/mol. The number of anilines is 2. The molecule has 0 aliphatic carbocycles. The first-order chi connectivity index (χ1) is 18.2. The zero-order valence-corrected chi connectivity index (χ0v) is 20.5. The van der Waals surface area contributed by atoms with Crippen LogP contribution in [0.15, 0.2) is 61.3 Å². The Morgan fingerprint density at radius 2 is 1.76 bits per heavy atom. The van der Waals surface area contributed by atoms with Gasteiger partial charge in [0.05, 0.1) is 13.2 Å². The summed E-state index contributed by atoms with van der Waals surface area (Å²) in [6, 6.07) is 8.83. The van der Waals surface area contributed by atoms with Crippen LogP contribution >= 0.6 is 0 Å². The van der Waals surface area contributed by atoms with E-state index in [0.29, 0.717) is 51.9 Å². The molecule has 6 rings (SSSR count). The zero-order chi connectivity index (χ0) is 25.2. The first-order valence-corrected chi connectivity index (χ1v) is 12.6. The molecular formula is C27H29FN7O2+. The molecule has 0 radical (unpaired) electrons.